The summed E-state index contributed by atoms with van der Waals surface area (Å²) in [6.45, 7) is 4.05. The summed E-state index contributed by atoms with van der Waals surface area (Å²) < 4.78 is 10.3. The van der Waals surface area contributed by atoms with Crippen molar-refractivity contribution >= 4 is 28.9 Å². The molecule has 1 aromatic carbocycles. The van der Waals surface area contributed by atoms with Crippen molar-refractivity contribution in [1.82, 2.24) is 0 Å². The highest BCUT2D eigenvalue weighted by Gasteiger charge is 2.23. The standard InChI is InChI=1S/C15H20N2O3S/c1-10-7-11(3-4-13(10)15(16)21)17-5-6-20-12(9-17)8-14(18)19-2/h3-4,7,12H,5-6,8-9H2,1-2H3,(H2,16,21). The quantitative estimate of drug-likeness (QED) is 0.670. The van der Waals surface area contributed by atoms with Gasteiger partial charge in [0.15, 0.2) is 0 Å². The molecule has 0 saturated carbocycles. The Kier molecular flexibility index (Phi) is 5.14. The largest absolute Gasteiger partial charge is 0.469 e. The Hall–Kier alpha value is -1.66. The number of methoxy groups -OCH3 is 1. The third-order valence-electron chi connectivity index (χ3n) is 3.60. The summed E-state index contributed by atoms with van der Waals surface area (Å²) in [6.07, 6.45) is 0.138. The lowest BCUT2D eigenvalue weighted by molar-refractivity contribution is -0.144. The minimum atomic E-state index is -0.248. The summed E-state index contributed by atoms with van der Waals surface area (Å²) in [5, 5.41) is 0. The number of morpholine rings is 1. The molecule has 1 unspecified atom stereocenters. The van der Waals surface area contributed by atoms with Crippen LogP contribution < -0.4 is 10.6 Å². The number of carbonyl (C=O) groups is 1. The first-order valence-electron chi connectivity index (χ1n) is 6.85. The van der Waals surface area contributed by atoms with Crippen LogP contribution >= 0.6 is 12.2 Å². The van der Waals surface area contributed by atoms with Crippen molar-refractivity contribution in [3.63, 3.8) is 0 Å². The molecule has 114 valence electrons. The number of hydrogen-bond acceptors (Lipinski definition) is 5. The van der Waals surface area contributed by atoms with E-state index in [2.05, 4.69) is 15.7 Å². The zero-order chi connectivity index (χ0) is 15.4. The number of benzene rings is 1. The van der Waals surface area contributed by atoms with Gasteiger partial charge in [-0.25, -0.2) is 0 Å². The zero-order valence-corrected chi connectivity index (χ0v) is 13.1. The number of ether oxygens (including phenoxy) is 2. The topological polar surface area (TPSA) is 64.8 Å². The van der Waals surface area contributed by atoms with Gasteiger partial charge in [-0.05, 0) is 30.7 Å². The van der Waals surface area contributed by atoms with Crippen LogP contribution in [0.25, 0.3) is 0 Å². The number of anilines is 1. The molecular formula is C15H20N2O3S. The molecule has 21 heavy (non-hydrogen) atoms. The van der Waals surface area contributed by atoms with Crippen LogP contribution in [0, 0.1) is 6.92 Å². The molecule has 0 amide bonds. The van der Waals surface area contributed by atoms with E-state index < -0.39 is 0 Å². The predicted octanol–water partition coefficient (Wildman–Crippen LogP) is 1.40. The molecule has 0 bridgehead atoms. The fraction of sp³-hybridized carbons (Fsp3) is 0.467. The molecule has 1 aliphatic heterocycles. The Morgan fingerprint density at radius 3 is 2.95 bits per heavy atom. The molecule has 2 rings (SSSR count). The Morgan fingerprint density at radius 1 is 1.57 bits per heavy atom. The van der Waals surface area contributed by atoms with Gasteiger partial charge in [0, 0.05) is 24.3 Å². The number of esters is 1. The molecule has 6 heteroatoms. The van der Waals surface area contributed by atoms with Crippen LogP contribution in [0.2, 0.25) is 0 Å². The molecule has 1 aliphatic rings. The Balaban J connectivity index is 2.09. The summed E-state index contributed by atoms with van der Waals surface area (Å²) in [4.78, 5) is 14.0. The van der Waals surface area contributed by atoms with Gasteiger partial charge < -0.3 is 20.1 Å². The van der Waals surface area contributed by atoms with Gasteiger partial charge in [0.2, 0.25) is 0 Å². The summed E-state index contributed by atoms with van der Waals surface area (Å²) in [6, 6.07) is 6.01. The SMILES string of the molecule is COC(=O)CC1CN(c2ccc(C(N)=S)c(C)c2)CCO1. The molecule has 1 heterocycles. The smallest absolute Gasteiger partial charge is 0.308 e. The number of carbonyl (C=O) groups excluding carboxylic acids is 1. The van der Waals surface area contributed by atoms with Gasteiger partial charge in [0.25, 0.3) is 0 Å². The first-order valence-corrected chi connectivity index (χ1v) is 7.26. The number of rotatable bonds is 4. The monoisotopic (exact) mass is 308 g/mol. The molecule has 1 saturated heterocycles. The number of hydrogen-bond donors (Lipinski definition) is 1. The van der Waals surface area contributed by atoms with Crippen molar-refractivity contribution in [2.75, 3.05) is 31.7 Å². The van der Waals surface area contributed by atoms with Gasteiger partial charge in [0.1, 0.15) is 4.99 Å². The third-order valence-corrected chi connectivity index (χ3v) is 3.82. The highest BCUT2D eigenvalue weighted by molar-refractivity contribution is 7.80. The summed E-state index contributed by atoms with van der Waals surface area (Å²) in [7, 11) is 1.39. The van der Waals surface area contributed by atoms with E-state index in [0.29, 0.717) is 18.1 Å². The molecule has 0 spiro atoms. The number of aryl methyl sites for hydroxylation is 1. The van der Waals surface area contributed by atoms with E-state index in [-0.39, 0.29) is 18.5 Å². The fourth-order valence-electron chi connectivity index (χ4n) is 2.47. The summed E-state index contributed by atoms with van der Waals surface area (Å²) in [5.74, 6) is -0.248. The highest BCUT2D eigenvalue weighted by Crippen LogP contribution is 2.22. The number of thiocarbonyl (C=S) groups is 1. The second-order valence-corrected chi connectivity index (χ2v) is 5.52. The van der Waals surface area contributed by atoms with Crippen molar-refractivity contribution in [1.29, 1.82) is 0 Å². The summed E-state index contributed by atoms with van der Waals surface area (Å²) >= 11 is 5.02. The van der Waals surface area contributed by atoms with Crippen LogP contribution in [-0.2, 0) is 14.3 Å². The first-order chi connectivity index (χ1) is 10.0. The molecule has 0 aliphatic carbocycles. The van der Waals surface area contributed by atoms with E-state index in [1.165, 1.54) is 7.11 Å². The molecule has 0 radical (unpaired) electrons. The van der Waals surface area contributed by atoms with Gasteiger partial charge in [-0.2, -0.15) is 0 Å². The van der Waals surface area contributed by atoms with Crippen LogP contribution in [-0.4, -0.2) is 43.9 Å². The molecule has 2 N–H and O–H groups in total. The maximum Gasteiger partial charge on any atom is 0.308 e. The average Bonchev–Trinajstić information content (AvgIpc) is 2.47. The van der Waals surface area contributed by atoms with E-state index in [1.807, 2.05) is 19.1 Å². The maximum absolute atomic E-state index is 11.3. The summed E-state index contributed by atoms with van der Waals surface area (Å²) in [5.41, 5.74) is 8.72. The van der Waals surface area contributed by atoms with Crippen LogP contribution in [0.4, 0.5) is 5.69 Å². The number of nitrogens with two attached hydrogens (primary N) is 1. The highest BCUT2D eigenvalue weighted by atomic mass is 32.1. The minimum Gasteiger partial charge on any atom is -0.469 e. The lowest BCUT2D eigenvalue weighted by atomic mass is 10.1. The van der Waals surface area contributed by atoms with E-state index in [1.54, 1.807) is 0 Å². The molecule has 5 nitrogen and oxygen atoms in total. The second kappa shape index (κ2) is 6.87. The molecule has 0 aromatic heterocycles. The van der Waals surface area contributed by atoms with Crippen molar-refractivity contribution < 1.29 is 14.3 Å². The lowest BCUT2D eigenvalue weighted by Crippen LogP contribution is -2.43. The second-order valence-electron chi connectivity index (χ2n) is 5.08. The fourth-order valence-corrected chi connectivity index (χ4v) is 2.70. The Bertz CT molecular complexity index is 548. The van der Waals surface area contributed by atoms with Crippen LogP contribution in [0.15, 0.2) is 18.2 Å². The van der Waals surface area contributed by atoms with E-state index in [9.17, 15) is 4.79 Å². The average molecular weight is 308 g/mol. The molecular weight excluding hydrogens is 288 g/mol. The van der Waals surface area contributed by atoms with Crippen molar-refractivity contribution in [2.45, 2.75) is 19.4 Å². The van der Waals surface area contributed by atoms with Gasteiger partial charge in [-0.15, -0.1) is 0 Å². The molecule has 1 fully saturated rings. The van der Waals surface area contributed by atoms with Crippen LogP contribution in [0.1, 0.15) is 17.5 Å². The van der Waals surface area contributed by atoms with Gasteiger partial charge >= 0.3 is 5.97 Å². The third kappa shape index (κ3) is 3.92. The number of nitrogens with zero attached hydrogens (tertiary/aromatic N) is 1. The van der Waals surface area contributed by atoms with Crippen LogP contribution in [0.3, 0.4) is 0 Å². The minimum absolute atomic E-state index is 0.137. The molecule has 1 aromatic rings. The normalized spacial score (nSPS) is 18.4. The Labute approximate surface area is 130 Å². The lowest BCUT2D eigenvalue weighted by Gasteiger charge is -2.34. The first kappa shape index (κ1) is 15.7. The zero-order valence-electron chi connectivity index (χ0n) is 12.3. The van der Waals surface area contributed by atoms with E-state index in [4.69, 9.17) is 22.7 Å². The Morgan fingerprint density at radius 2 is 2.33 bits per heavy atom. The van der Waals surface area contributed by atoms with Gasteiger partial charge in [-0.1, -0.05) is 12.2 Å². The van der Waals surface area contributed by atoms with Gasteiger partial charge in [0.05, 0.1) is 26.2 Å². The van der Waals surface area contributed by atoms with Crippen molar-refractivity contribution in [3.8, 4) is 0 Å². The van der Waals surface area contributed by atoms with E-state index >= 15 is 0 Å². The van der Waals surface area contributed by atoms with Crippen LogP contribution in [0.5, 0.6) is 0 Å². The van der Waals surface area contributed by atoms with Crippen molar-refractivity contribution in [3.05, 3.63) is 29.3 Å². The van der Waals surface area contributed by atoms with E-state index in [0.717, 1.165) is 23.4 Å². The van der Waals surface area contributed by atoms with Gasteiger partial charge in [-0.3, -0.25) is 4.79 Å². The predicted molar refractivity (Wildman–Crippen MR) is 85.7 cm³/mol. The molecule has 1 atom stereocenters. The maximum atomic E-state index is 11.3. The van der Waals surface area contributed by atoms with Crippen molar-refractivity contribution in [2.24, 2.45) is 5.73 Å².